The number of aromatic nitrogens is 2. The Morgan fingerprint density at radius 2 is 1.79 bits per heavy atom. The van der Waals surface area contributed by atoms with E-state index in [-0.39, 0.29) is 39.4 Å². The van der Waals surface area contributed by atoms with E-state index < -0.39 is 30.2 Å². The van der Waals surface area contributed by atoms with Crippen LogP contribution in [0, 0.1) is 0 Å². The van der Waals surface area contributed by atoms with Gasteiger partial charge in [0.05, 0.1) is 25.5 Å². The minimum atomic E-state index is -0.505. The van der Waals surface area contributed by atoms with Gasteiger partial charge in [-0.15, -0.1) is 11.3 Å². The first-order valence-corrected chi connectivity index (χ1v) is 8.26. The second kappa shape index (κ2) is 5.26. The first kappa shape index (κ1) is 8.56. The fourth-order valence-electron chi connectivity index (χ4n) is 2.63. The smallest absolute Gasteiger partial charge is 0.216 e. The summed E-state index contributed by atoms with van der Waals surface area (Å²) in [5.74, 6) is 0. The summed E-state index contributed by atoms with van der Waals surface area (Å²) >= 11 is 7.56. The molecule has 3 aromatic carbocycles. The van der Waals surface area contributed by atoms with Crippen molar-refractivity contribution in [2.75, 3.05) is 0 Å². The highest BCUT2D eigenvalue weighted by molar-refractivity contribution is 7.26. The van der Waals surface area contributed by atoms with Gasteiger partial charge in [0.2, 0.25) is 5.28 Å². The molecule has 4 heteroatoms. The molecule has 5 aromatic rings. The third kappa shape index (κ3) is 2.09. The molecule has 0 radical (unpaired) electrons. The van der Waals surface area contributed by atoms with Crippen LogP contribution >= 0.6 is 22.9 Å². The van der Waals surface area contributed by atoms with E-state index in [2.05, 4.69) is 9.97 Å². The van der Waals surface area contributed by atoms with Gasteiger partial charge < -0.3 is 0 Å². The topological polar surface area (TPSA) is 25.8 Å². The molecule has 0 spiro atoms. The molecule has 0 N–H and O–H groups in total. The number of hydrogen-bond acceptors (Lipinski definition) is 3. The van der Waals surface area contributed by atoms with Crippen molar-refractivity contribution in [3.63, 3.8) is 0 Å². The molecule has 24 heavy (non-hydrogen) atoms. The van der Waals surface area contributed by atoms with E-state index in [1.165, 1.54) is 11.3 Å². The predicted molar refractivity (Wildman–Crippen MR) is 103 cm³/mol. The van der Waals surface area contributed by atoms with Gasteiger partial charge in [0.15, 0.2) is 0 Å². The summed E-state index contributed by atoms with van der Waals surface area (Å²) in [6.45, 7) is 0. The number of hydrogen-bond donors (Lipinski definition) is 0. The Balaban J connectivity index is 2.01. The lowest BCUT2D eigenvalue weighted by Gasteiger charge is -2.05. The van der Waals surface area contributed by atoms with Crippen molar-refractivity contribution < 1.29 is 9.60 Å². The Bertz CT molecular complexity index is 1580. The van der Waals surface area contributed by atoms with Crippen molar-refractivity contribution in [1.29, 1.82) is 0 Å². The van der Waals surface area contributed by atoms with Crippen LogP contribution in [-0.2, 0) is 0 Å². The molecule has 0 fully saturated rings. The quantitative estimate of drug-likeness (QED) is 0.329. The van der Waals surface area contributed by atoms with E-state index in [1.807, 2.05) is 24.3 Å². The third-order valence-electron chi connectivity index (χ3n) is 3.68. The molecule has 2 aromatic heterocycles. The molecule has 0 aliphatic carbocycles. The van der Waals surface area contributed by atoms with Crippen LogP contribution < -0.4 is 0 Å². The number of benzene rings is 3. The summed E-state index contributed by atoms with van der Waals surface area (Å²) < 4.78 is 59.6. The van der Waals surface area contributed by atoms with Crippen LogP contribution in [0.4, 0.5) is 0 Å². The molecule has 0 saturated heterocycles. The maximum atomic E-state index is 8.75. The first-order valence-electron chi connectivity index (χ1n) is 10.6. The van der Waals surface area contributed by atoms with Gasteiger partial charge in [-0.2, -0.15) is 0 Å². The summed E-state index contributed by atoms with van der Waals surface area (Å²) in [5.41, 5.74) is 0.758. The minimum absolute atomic E-state index is 0.0108. The van der Waals surface area contributed by atoms with Crippen LogP contribution in [0.5, 0.6) is 0 Å². The van der Waals surface area contributed by atoms with Crippen molar-refractivity contribution in [3.05, 3.63) is 71.8 Å². The first-order chi connectivity index (χ1) is 14.7. The molecule has 0 bridgehead atoms. The molecule has 0 aliphatic heterocycles. The molecule has 0 unspecified atom stereocenters. The molecular weight excluding hydrogens is 336 g/mol. The van der Waals surface area contributed by atoms with Gasteiger partial charge in [0.25, 0.3) is 0 Å². The molecule has 0 amide bonds. The van der Waals surface area contributed by atoms with E-state index in [4.69, 9.17) is 21.2 Å². The van der Waals surface area contributed by atoms with Gasteiger partial charge in [-0.1, -0.05) is 54.5 Å². The van der Waals surface area contributed by atoms with E-state index in [0.717, 1.165) is 10.1 Å². The zero-order valence-electron chi connectivity index (χ0n) is 19.0. The highest BCUT2D eigenvalue weighted by atomic mass is 35.5. The van der Waals surface area contributed by atoms with E-state index in [9.17, 15) is 0 Å². The van der Waals surface area contributed by atoms with Crippen LogP contribution in [0.1, 0.15) is 9.60 Å². The van der Waals surface area contributed by atoms with Crippen molar-refractivity contribution in [1.82, 2.24) is 9.97 Å². The van der Waals surface area contributed by atoms with Crippen LogP contribution in [0.15, 0.2) is 66.6 Å². The van der Waals surface area contributed by atoms with Gasteiger partial charge in [0, 0.05) is 15.6 Å². The lowest BCUT2D eigenvalue weighted by atomic mass is 10.0. The highest BCUT2D eigenvalue weighted by Crippen LogP contribution is 2.39. The van der Waals surface area contributed by atoms with Crippen molar-refractivity contribution in [2.24, 2.45) is 0 Å². The average Bonchev–Trinajstić information content (AvgIpc) is 3.12. The largest absolute Gasteiger partial charge is 0.223 e. The number of rotatable bonds is 1. The Labute approximate surface area is 157 Å². The summed E-state index contributed by atoms with van der Waals surface area (Å²) in [6.07, 6.45) is 0. The molecule has 2 nitrogen and oxygen atoms in total. The van der Waals surface area contributed by atoms with Crippen molar-refractivity contribution in [2.45, 2.75) is 0 Å². The zero-order chi connectivity index (χ0) is 22.2. The SMILES string of the molecule is [2H]c1c([2H])c([2H])c2c([2H])c(-c3nc(Cl)nc4c3sc3ccccc34)c([2H])c([2H])c2c1[2H]. The summed E-state index contributed by atoms with van der Waals surface area (Å²) in [5, 5.41) is 0.495. The fourth-order valence-corrected chi connectivity index (χ4v) is 3.94. The Morgan fingerprint density at radius 1 is 0.958 bits per heavy atom. The Kier molecular flexibility index (Phi) is 1.88. The zero-order valence-corrected chi connectivity index (χ0v) is 13.6. The number of nitrogens with zero attached hydrogens (tertiary/aromatic N) is 2. The molecule has 114 valence electrons. The standard InChI is InChI=1S/C20H11ClN2S/c21-20-22-17(14-10-9-12-5-1-2-6-13(12)11-14)19-18(23-20)15-7-3-4-8-16(15)24-19/h1-11H/i1D,2D,5D,6D,9D,10D,11D. The fraction of sp³-hybridized carbons (Fsp3) is 0. The van der Waals surface area contributed by atoms with Crippen molar-refractivity contribution >= 4 is 54.0 Å². The van der Waals surface area contributed by atoms with E-state index >= 15 is 0 Å². The van der Waals surface area contributed by atoms with Crippen LogP contribution in [-0.4, -0.2) is 9.97 Å². The second-order valence-electron chi connectivity index (χ2n) is 5.12. The maximum Gasteiger partial charge on any atom is 0.223 e. The monoisotopic (exact) mass is 353 g/mol. The summed E-state index contributed by atoms with van der Waals surface area (Å²) in [6, 6.07) is 4.63. The second-order valence-corrected chi connectivity index (χ2v) is 6.51. The van der Waals surface area contributed by atoms with Crippen LogP contribution in [0.2, 0.25) is 5.28 Å². The van der Waals surface area contributed by atoms with E-state index in [1.54, 1.807) is 0 Å². The highest BCUT2D eigenvalue weighted by Gasteiger charge is 2.14. The average molecular weight is 354 g/mol. The molecule has 0 aliphatic rings. The lowest BCUT2D eigenvalue weighted by Crippen LogP contribution is -1.89. The normalized spacial score (nSPS) is 15.6. The molecular formula is C20H11ClN2S. The van der Waals surface area contributed by atoms with Crippen LogP contribution in [0.25, 0.3) is 42.3 Å². The number of fused-ring (bicyclic) bond motifs is 4. The van der Waals surface area contributed by atoms with Gasteiger partial charge in [0.1, 0.15) is 0 Å². The molecule has 0 atom stereocenters. The van der Waals surface area contributed by atoms with Gasteiger partial charge in [-0.25, -0.2) is 9.97 Å². The lowest BCUT2D eigenvalue weighted by molar-refractivity contribution is 1.24. The van der Waals surface area contributed by atoms with Gasteiger partial charge in [-0.3, -0.25) is 0 Å². The van der Waals surface area contributed by atoms with Gasteiger partial charge in [-0.05, 0) is 34.5 Å². The molecule has 2 heterocycles. The third-order valence-corrected chi connectivity index (χ3v) is 5.02. The predicted octanol–water partition coefficient (Wildman–Crippen LogP) is 6.32. The minimum Gasteiger partial charge on any atom is -0.216 e. The Hall–Kier alpha value is -2.49. The van der Waals surface area contributed by atoms with E-state index in [0.29, 0.717) is 10.2 Å². The Morgan fingerprint density at radius 3 is 2.71 bits per heavy atom. The molecule has 5 rings (SSSR count). The van der Waals surface area contributed by atoms with Crippen LogP contribution in [0.3, 0.4) is 0 Å². The maximum absolute atomic E-state index is 8.75. The summed E-state index contributed by atoms with van der Waals surface area (Å²) in [7, 11) is 0. The number of halogens is 1. The van der Waals surface area contributed by atoms with Crippen molar-refractivity contribution in [3.8, 4) is 11.3 Å². The molecule has 0 saturated carbocycles. The number of thiophene rings is 1. The summed E-state index contributed by atoms with van der Waals surface area (Å²) in [4.78, 5) is 8.60. The van der Waals surface area contributed by atoms with Gasteiger partial charge >= 0.3 is 0 Å².